The summed E-state index contributed by atoms with van der Waals surface area (Å²) in [5, 5.41) is 10.9. The van der Waals surface area contributed by atoms with E-state index in [0.717, 1.165) is 25.7 Å². The minimum Gasteiger partial charge on any atom is -0.383 e. The molecule has 10 nitrogen and oxygen atoms in total. The molecule has 0 unspecified atom stereocenters. The molecule has 0 radical (unpaired) electrons. The number of aromatic nitrogens is 2. The molecule has 0 saturated heterocycles. The molecule has 168 valence electrons. The lowest BCUT2D eigenvalue weighted by molar-refractivity contribution is -0.116. The van der Waals surface area contributed by atoms with Crippen molar-refractivity contribution in [3.05, 3.63) is 28.2 Å². The first-order valence-corrected chi connectivity index (χ1v) is 12.0. The van der Waals surface area contributed by atoms with Gasteiger partial charge in [0.2, 0.25) is 6.41 Å². The zero-order valence-electron chi connectivity index (χ0n) is 17.1. The number of hydrogen-bond donors (Lipinski definition) is 5. The summed E-state index contributed by atoms with van der Waals surface area (Å²) in [4.78, 5) is 39.9. The van der Waals surface area contributed by atoms with Crippen LogP contribution in [-0.4, -0.2) is 47.8 Å². The van der Waals surface area contributed by atoms with Gasteiger partial charge in [-0.15, -0.1) is 11.4 Å². The van der Waals surface area contributed by atoms with Crippen LogP contribution >= 0.6 is 19.2 Å². The van der Waals surface area contributed by atoms with E-state index in [9.17, 15) is 14.5 Å². The summed E-state index contributed by atoms with van der Waals surface area (Å²) in [5.74, 6) is 0.875. The van der Waals surface area contributed by atoms with Crippen molar-refractivity contribution in [3.63, 3.8) is 0 Å². The molecular weight excluding hydrogens is 431 g/mol. The Labute approximate surface area is 179 Å². The van der Waals surface area contributed by atoms with Gasteiger partial charge in [0.15, 0.2) is 0 Å². The molecule has 2 rings (SSSR count). The standard InChI is InChI=1S/C18H29N4O6PS/c1-12(22(11-23)10-15-9-20-13(2)21-17(15)19)16(7-8-28-29(25,26)27)30-18(24)14-5-3-4-6-14/h9,11,14,24,30H,3-8,10H2,1-2H3,(H2,19,20,21)(H2,25,26,27)/b16-12-. The smallest absolute Gasteiger partial charge is 0.383 e. The third kappa shape index (κ3) is 7.57. The summed E-state index contributed by atoms with van der Waals surface area (Å²) in [6.07, 6.45) is 6.24. The van der Waals surface area contributed by atoms with E-state index >= 15 is 0 Å². The Bertz CT molecular complexity index is 866. The molecule has 1 saturated carbocycles. The molecule has 1 aromatic rings. The van der Waals surface area contributed by atoms with Gasteiger partial charge in [0.05, 0.1) is 18.2 Å². The van der Waals surface area contributed by atoms with E-state index < -0.39 is 7.82 Å². The van der Waals surface area contributed by atoms with Crippen LogP contribution in [0.25, 0.3) is 0 Å². The number of rotatable bonds is 10. The Morgan fingerprint density at radius 3 is 2.67 bits per heavy atom. The maximum absolute atomic E-state index is 11.8. The van der Waals surface area contributed by atoms with Crippen LogP contribution in [0.5, 0.6) is 0 Å². The largest absolute Gasteiger partial charge is 0.469 e. The Balaban J connectivity index is 2.30. The maximum atomic E-state index is 11.8. The van der Waals surface area contributed by atoms with Gasteiger partial charge >= 0.3 is 7.82 Å². The van der Waals surface area contributed by atoms with Crippen molar-refractivity contribution >= 4 is 36.5 Å². The van der Waals surface area contributed by atoms with Gasteiger partial charge in [-0.05, 0) is 31.6 Å². The van der Waals surface area contributed by atoms with Crippen molar-refractivity contribution in [1.82, 2.24) is 14.9 Å². The highest BCUT2D eigenvalue weighted by atomic mass is 32.1. The number of aryl methyl sites for hydroxylation is 1. The predicted octanol–water partition coefficient (Wildman–Crippen LogP) is 2.40. The summed E-state index contributed by atoms with van der Waals surface area (Å²) in [7, 11) is -4.61. The van der Waals surface area contributed by atoms with E-state index in [1.54, 1.807) is 20.0 Å². The number of thiol groups is 1. The second kappa shape index (κ2) is 11.1. The van der Waals surface area contributed by atoms with Gasteiger partial charge in [-0.25, -0.2) is 14.5 Å². The molecule has 1 heterocycles. The molecule has 1 aliphatic rings. The van der Waals surface area contributed by atoms with Gasteiger partial charge < -0.3 is 25.5 Å². The van der Waals surface area contributed by atoms with Crippen LogP contribution in [-0.2, 0) is 20.4 Å². The third-order valence-corrected chi connectivity index (χ3v) is 6.83. The molecule has 0 bridgehead atoms. The molecular formula is C18H29N4O6PS. The van der Waals surface area contributed by atoms with Gasteiger partial charge in [0.25, 0.3) is 0 Å². The Morgan fingerprint density at radius 2 is 2.10 bits per heavy atom. The fourth-order valence-electron chi connectivity index (χ4n) is 3.21. The number of nitrogen functional groups attached to an aromatic ring is 1. The number of carbonyl (C=O) groups is 1. The molecule has 12 heteroatoms. The van der Waals surface area contributed by atoms with E-state index in [0.29, 0.717) is 44.8 Å². The molecule has 1 aromatic heterocycles. The van der Waals surface area contributed by atoms with E-state index in [2.05, 4.69) is 14.5 Å². The van der Waals surface area contributed by atoms with Crippen molar-refractivity contribution in [1.29, 1.82) is 0 Å². The first kappa shape index (κ1) is 24.6. The quantitative estimate of drug-likeness (QED) is 0.153. The molecule has 1 amide bonds. The monoisotopic (exact) mass is 460 g/mol. The van der Waals surface area contributed by atoms with Gasteiger partial charge in [-0.3, -0.25) is 9.32 Å². The number of aliphatic hydroxyl groups is 1. The summed E-state index contributed by atoms with van der Waals surface area (Å²) in [6, 6.07) is 0. The van der Waals surface area contributed by atoms with Crippen LogP contribution in [0.2, 0.25) is 0 Å². The highest BCUT2D eigenvalue weighted by molar-refractivity contribution is 8.02. The highest BCUT2D eigenvalue weighted by Gasteiger charge is 2.21. The lowest BCUT2D eigenvalue weighted by Crippen LogP contribution is -2.22. The van der Waals surface area contributed by atoms with Crippen molar-refractivity contribution in [2.24, 2.45) is 5.92 Å². The average Bonchev–Trinajstić information content (AvgIpc) is 3.20. The Morgan fingerprint density at radius 1 is 1.43 bits per heavy atom. The number of nitrogens with two attached hydrogens (primary N) is 1. The summed E-state index contributed by atoms with van der Waals surface area (Å²) in [5.41, 5.74) is 7.04. The van der Waals surface area contributed by atoms with Gasteiger partial charge in [-0.2, -0.15) is 0 Å². The second-order valence-corrected chi connectivity index (χ2v) is 9.58. The van der Waals surface area contributed by atoms with Crippen molar-refractivity contribution in [3.8, 4) is 0 Å². The van der Waals surface area contributed by atoms with Gasteiger partial charge in [0.1, 0.15) is 11.6 Å². The molecule has 30 heavy (non-hydrogen) atoms. The highest BCUT2D eigenvalue weighted by Crippen LogP contribution is 2.37. The Kier molecular flexibility index (Phi) is 9.14. The number of phosphoric acid groups is 1. The summed E-state index contributed by atoms with van der Waals surface area (Å²) in [6.45, 7) is 3.30. The summed E-state index contributed by atoms with van der Waals surface area (Å²) < 4.78 is 15.6. The number of allylic oxidation sites excluding steroid dienone is 1. The lowest BCUT2D eigenvalue weighted by Gasteiger charge is -2.22. The predicted molar refractivity (Wildman–Crippen MR) is 117 cm³/mol. The third-order valence-electron chi connectivity index (χ3n) is 4.90. The number of hydrogen-bond acceptors (Lipinski definition) is 6. The van der Waals surface area contributed by atoms with Crippen LogP contribution in [0.3, 0.4) is 0 Å². The zero-order valence-corrected chi connectivity index (χ0v) is 18.9. The molecule has 5 N–H and O–H groups in total. The number of nitrogens with zero attached hydrogens (tertiary/aromatic N) is 3. The fraction of sp³-hybridized carbons (Fsp3) is 0.556. The number of aliphatic hydroxyl groups excluding tert-OH is 1. The van der Waals surface area contributed by atoms with Crippen LogP contribution < -0.4 is 5.73 Å². The van der Waals surface area contributed by atoms with Crippen LogP contribution in [0.1, 0.15) is 50.4 Å². The SMILES string of the molecule is C/C(=C(CCOP(=O)(O)O)/[SH]=C(\O)C1CCCC1)N(C=O)Cc1cnc(C)nc1N. The average molecular weight is 460 g/mol. The van der Waals surface area contributed by atoms with Crippen molar-refractivity contribution < 1.29 is 28.8 Å². The molecule has 1 aliphatic carbocycles. The van der Waals surface area contributed by atoms with Crippen LogP contribution in [0, 0.1) is 12.8 Å². The van der Waals surface area contributed by atoms with E-state index in [1.165, 1.54) is 4.90 Å². The van der Waals surface area contributed by atoms with E-state index in [4.69, 9.17) is 15.5 Å². The molecule has 0 spiro atoms. The molecule has 0 aliphatic heterocycles. The van der Waals surface area contributed by atoms with Crippen LogP contribution in [0.4, 0.5) is 5.82 Å². The molecule has 1 fully saturated rings. The minimum atomic E-state index is -4.61. The molecule has 0 aromatic carbocycles. The molecule has 0 atom stereocenters. The van der Waals surface area contributed by atoms with Crippen LogP contribution in [0.15, 0.2) is 16.8 Å². The van der Waals surface area contributed by atoms with Gasteiger partial charge in [0, 0.05) is 29.8 Å². The van der Waals surface area contributed by atoms with Crippen molar-refractivity contribution in [2.45, 2.75) is 52.5 Å². The normalized spacial score (nSPS) is 16.8. The van der Waals surface area contributed by atoms with Gasteiger partial charge in [-0.1, -0.05) is 12.8 Å². The van der Waals surface area contributed by atoms with Crippen molar-refractivity contribution in [2.75, 3.05) is 12.3 Å². The summed E-state index contributed by atoms with van der Waals surface area (Å²) >= 11 is 0.515. The minimum absolute atomic E-state index is 0.0861. The number of anilines is 1. The Hall–Kier alpha value is -1.62. The van der Waals surface area contributed by atoms with E-state index in [1.807, 2.05) is 0 Å². The zero-order chi connectivity index (χ0) is 22.3. The lowest BCUT2D eigenvalue weighted by atomic mass is 10.1. The maximum Gasteiger partial charge on any atom is 0.469 e. The number of carbonyl (C=O) groups excluding carboxylic acids is 1. The first-order chi connectivity index (χ1) is 14.1. The van der Waals surface area contributed by atoms with E-state index in [-0.39, 0.29) is 31.3 Å². The second-order valence-electron chi connectivity index (χ2n) is 7.12. The fourth-order valence-corrected chi connectivity index (χ4v) is 4.75. The number of amides is 1. The topological polar surface area (TPSA) is 159 Å². The first-order valence-electron chi connectivity index (χ1n) is 9.58. The number of phosphoric ester groups is 1.